The number of nitrogens with two attached hydrogens (primary N) is 1. The minimum absolute atomic E-state index is 0.0429. The van der Waals surface area contributed by atoms with E-state index >= 15 is 0 Å². The molecule has 0 saturated heterocycles. The summed E-state index contributed by atoms with van der Waals surface area (Å²) < 4.78 is 2.99. The van der Waals surface area contributed by atoms with E-state index in [4.69, 9.17) is 17.3 Å². The summed E-state index contributed by atoms with van der Waals surface area (Å²) in [5.74, 6) is 0.0429. The van der Waals surface area contributed by atoms with Gasteiger partial charge in [0.15, 0.2) is 10.8 Å². The van der Waals surface area contributed by atoms with Crippen molar-refractivity contribution in [1.82, 2.24) is 19.1 Å². The lowest BCUT2D eigenvalue weighted by atomic mass is 10.5. The van der Waals surface area contributed by atoms with Crippen molar-refractivity contribution < 1.29 is 0 Å². The van der Waals surface area contributed by atoms with Crippen molar-refractivity contribution in [2.24, 2.45) is 0 Å². The van der Waals surface area contributed by atoms with Gasteiger partial charge in [-0.3, -0.25) is 9.13 Å². The second-order valence-electron chi connectivity index (χ2n) is 3.57. The molecule has 0 bridgehead atoms. The number of hydrogen-bond acceptors (Lipinski definition) is 4. The van der Waals surface area contributed by atoms with Crippen LogP contribution >= 0.6 is 27.5 Å². The van der Waals surface area contributed by atoms with Gasteiger partial charge in [-0.1, -0.05) is 33.6 Å². The minimum atomic E-state index is -0.203. The van der Waals surface area contributed by atoms with Crippen LogP contribution in [0.3, 0.4) is 0 Å². The molecule has 0 spiro atoms. The standard InChI is InChI=1S/C10H11BrClN5O/c1-2-4-17-8-6(7(12)14-9(13)15-8)16(5-3-11)10(17)18/h2H,1,3-5H2,(H2,13,14,15). The number of anilines is 1. The molecule has 0 radical (unpaired) electrons. The summed E-state index contributed by atoms with van der Waals surface area (Å²) in [6.45, 7) is 4.44. The molecule has 0 unspecified atom stereocenters. The van der Waals surface area contributed by atoms with Crippen LogP contribution in [0.25, 0.3) is 11.2 Å². The Morgan fingerprint density at radius 1 is 1.44 bits per heavy atom. The maximum absolute atomic E-state index is 12.2. The Labute approximate surface area is 116 Å². The van der Waals surface area contributed by atoms with E-state index < -0.39 is 0 Å². The zero-order valence-electron chi connectivity index (χ0n) is 9.44. The molecule has 6 nitrogen and oxygen atoms in total. The summed E-state index contributed by atoms with van der Waals surface area (Å²) in [6.07, 6.45) is 1.62. The van der Waals surface area contributed by atoms with Crippen molar-refractivity contribution in [3.8, 4) is 0 Å². The van der Waals surface area contributed by atoms with E-state index in [1.54, 1.807) is 6.08 Å². The Bertz CT molecular complexity index is 662. The highest BCUT2D eigenvalue weighted by atomic mass is 79.9. The van der Waals surface area contributed by atoms with Gasteiger partial charge in [-0.25, -0.2) is 4.79 Å². The second kappa shape index (κ2) is 5.11. The summed E-state index contributed by atoms with van der Waals surface area (Å²) >= 11 is 9.34. The van der Waals surface area contributed by atoms with Gasteiger partial charge in [0, 0.05) is 18.4 Å². The monoisotopic (exact) mass is 331 g/mol. The van der Waals surface area contributed by atoms with Gasteiger partial charge in [-0.15, -0.1) is 6.58 Å². The number of nitrogens with zero attached hydrogens (tertiary/aromatic N) is 4. The van der Waals surface area contributed by atoms with Gasteiger partial charge >= 0.3 is 5.69 Å². The molecule has 2 aromatic rings. The number of allylic oxidation sites excluding steroid dienone is 1. The van der Waals surface area contributed by atoms with Gasteiger partial charge < -0.3 is 5.73 Å². The van der Waals surface area contributed by atoms with Crippen molar-refractivity contribution in [1.29, 1.82) is 0 Å². The lowest BCUT2D eigenvalue weighted by molar-refractivity contribution is 0.696. The number of halogens is 2. The maximum Gasteiger partial charge on any atom is 0.330 e. The third-order valence-corrected chi connectivity index (χ3v) is 3.07. The number of imidazole rings is 1. The van der Waals surface area contributed by atoms with Crippen molar-refractivity contribution >= 4 is 44.6 Å². The Hall–Kier alpha value is -1.34. The first kappa shape index (κ1) is 13.1. The van der Waals surface area contributed by atoms with Crippen LogP contribution in [0.1, 0.15) is 0 Å². The molecule has 2 N–H and O–H groups in total. The first-order chi connectivity index (χ1) is 8.60. The molecule has 0 aliphatic heterocycles. The van der Waals surface area contributed by atoms with Gasteiger partial charge in [0.25, 0.3) is 0 Å². The maximum atomic E-state index is 12.2. The van der Waals surface area contributed by atoms with Crippen molar-refractivity contribution in [3.05, 3.63) is 28.3 Å². The van der Waals surface area contributed by atoms with Gasteiger partial charge in [-0.05, 0) is 0 Å². The van der Waals surface area contributed by atoms with Crippen LogP contribution in [0, 0.1) is 0 Å². The predicted molar refractivity (Wildman–Crippen MR) is 75.2 cm³/mol. The van der Waals surface area contributed by atoms with E-state index in [-0.39, 0.29) is 16.8 Å². The fraction of sp³-hybridized carbons (Fsp3) is 0.300. The predicted octanol–water partition coefficient (Wildman–Crippen LogP) is 1.41. The van der Waals surface area contributed by atoms with Gasteiger partial charge in [0.2, 0.25) is 5.95 Å². The van der Waals surface area contributed by atoms with Gasteiger partial charge in [0.1, 0.15) is 5.52 Å². The first-order valence-corrected chi connectivity index (χ1v) is 6.69. The largest absolute Gasteiger partial charge is 0.368 e. The fourth-order valence-corrected chi connectivity index (χ4v) is 2.40. The first-order valence-electron chi connectivity index (χ1n) is 5.19. The fourth-order valence-electron chi connectivity index (χ4n) is 1.77. The second-order valence-corrected chi connectivity index (χ2v) is 4.72. The van der Waals surface area contributed by atoms with Crippen LogP contribution in [-0.2, 0) is 13.1 Å². The van der Waals surface area contributed by atoms with Crippen LogP contribution in [-0.4, -0.2) is 24.4 Å². The molecule has 0 aliphatic carbocycles. The molecule has 0 atom stereocenters. The number of aromatic nitrogens is 4. The topological polar surface area (TPSA) is 78.7 Å². The van der Waals surface area contributed by atoms with Crippen LogP contribution in [0.5, 0.6) is 0 Å². The molecule has 0 amide bonds. The summed E-state index contributed by atoms with van der Waals surface area (Å²) in [4.78, 5) is 20.2. The highest BCUT2D eigenvalue weighted by Gasteiger charge is 2.17. The summed E-state index contributed by atoms with van der Waals surface area (Å²) in [5.41, 5.74) is 6.28. The van der Waals surface area contributed by atoms with E-state index in [2.05, 4.69) is 32.5 Å². The van der Waals surface area contributed by atoms with Crippen LogP contribution in [0.2, 0.25) is 5.15 Å². The van der Waals surface area contributed by atoms with Crippen molar-refractivity contribution in [2.45, 2.75) is 13.1 Å². The van der Waals surface area contributed by atoms with Crippen molar-refractivity contribution in [2.75, 3.05) is 11.1 Å². The van der Waals surface area contributed by atoms with E-state index in [0.29, 0.717) is 29.6 Å². The van der Waals surface area contributed by atoms with Gasteiger partial charge in [0.05, 0.1) is 0 Å². The SMILES string of the molecule is C=CCn1c(=O)n(CCBr)c2c(Cl)nc(N)nc21. The highest BCUT2D eigenvalue weighted by molar-refractivity contribution is 9.09. The Kier molecular flexibility index (Phi) is 3.72. The van der Waals surface area contributed by atoms with Crippen LogP contribution in [0.15, 0.2) is 17.4 Å². The highest BCUT2D eigenvalue weighted by Crippen LogP contribution is 2.20. The molecule has 0 aromatic carbocycles. The Balaban J connectivity index is 2.87. The van der Waals surface area contributed by atoms with Crippen LogP contribution < -0.4 is 11.4 Å². The van der Waals surface area contributed by atoms with Gasteiger partial charge in [-0.2, -0.15) is 9.97 Å². The van der Waals surface area contributed by atoms with E-state index in [0.717, 1.165) is 0 Å². The third kappa shape index (κ3) is 2.04. The molecule has 8 heteroatoms. The molecule has 2 aromatic heterocycles. The molecule has 96 valence electrons. The number of rotatable bonds is 4. The van der Waals surface area contributed by atoms with E-state index in [1.165, 1.54) is 9.13 Å². The number of aryl methyl sites for hydroxylation is 1. The number of fused-ring (bicyclic) bond motifs is 1. The zero-order chi connectivity index (χ0) is 13.3. The average molecular weight is 333 g/mol. The smallest absolute Gasteiger partial charge is 0.330 e. The summed E-state index contributed by atoms with van der Waals surface area (Å²) in [6, 6.07) is 0. The molecule has 2 heterocycles. The normalized spacial score (nSPS) is 11.0. The minimum Gasteiger partial charge on any atom is -0.368 e. The molecular weight excluding hydrogens is 322 g/mol. The lowest BCUT2D eigenvalue weighted by Gasteiger charge is -2.01. The summed E-state index contributed by atoms with van der Waals surface area (Å²) in [5, 5.41) is 0.805. The molecule has 0 fully saturated rings. The van der Waals surface area contributed by atoms with E-state index in [9.17, 15) is 4.79 Å². The lowest BCUT2D eigenvalue weighted by Crippen LogP contribution is -2.24. The Morgan fingerprint density at radius 3 is 2.78 bits per heavy atom. The molecular formula is C10H11BrClN5O. The number of nitrogen functional groups attached to an aromatic ring is 1. The molecule has 0 saturated carbocycles. The van der Waals surface area contributed by atoms with E-state index in [1.807, 2.05) is 0 Å². The van der Waals surface area contributed by atoms with Crippen molar-refractivity contribution in [3.63, 3.8) is 0 Å². The molecule has 0 aliphatic rings. The summed E-state index contributed by atoms with van der Waals surface area (Å²) in [7, 11) is 0. The zero-order valence-corrected chi connectivity index (χ0v) is 11.8. The molecule has 18 heavy (non-hydrogen) atoms. The number of alkyl halides is 1. The average Bonchev–Trinajstić information content (AvgIpc) is 2.56. The quantitative estimate of drug-likeness (QED) is 0.521. The molecule has 2 rings (SSSR count). The third-order valence-electron chi connectivity index (χ3n) is 2.45. The Morgan fingerprint density at radius 2 is 2.17 bits per heavy atom. The van der Waals surface area contributed by atoms with Crippen LogP contribution in [0.4, 0.5) is 5.95 Å². The number of hydrogen-bond donors (Lipinski definition) is 1.